The molecule has 0 saturated heterocycles. The fourth-order valence-corrected chi connectivity index (χ4v) is 7.28. The van der Waals surface area contributed by atoms with Gasteiger partial charge in [-0.3, -0.25) is 0 Å². The van der Waals surface area contributed by atoms with Gasteiger partial charge in [0, 0.05) is 29.1 Å². The lowest BCUT2D eigenvalue weighted by molar-refractivity contribution is 0.568. The average Bonchev–Trinajstić information content (AvgIpc) is 3.19. The quantitative estimate of drug-likeness (QED) is 0.169. The van der Waals surface area contributed by atoms with Gasteiger partial charge in [0.05, 0.1) is 11.4 Å². The zero-order chi connectivity index (χ0) is 41.6. The van der Waals surface area contributed by atoms with Gasteiger partial charge < -0.3 is 0 Å². The fraction of sp³-hybridized carbons (Fsp3) is 0.291. The molecule has 0 spiro atoms. The summed E-state index contributed by atoms with van der Waals surface area (Å²) >= 11 is 0. The van der Waals surface area contributed by atoms with E-state index in [2.05, 4.69) is 214 Å². The van der Waals surface area contributed by atoms with Crippen LogP contribution < -0.4 is 0 Å². The third kappa shape index (κ3) is 9.05. The van der Waals surface area contributed by atoms with E-state index in [0.717, 1.165) is 44.8 Å². The Kier molecular flexibility index (Phi) is 10.7. The number of benzene rings is 5. The minimum Gasteiger partial charge on any atom is -0.248 e. The Morgan fingerprint density at radius 2 is 0.534 bits per heavy atom. The number of hydrogen-bond donors (Lipinski definition) is 0. The standard InChI is InChI=1S/C55H59N3/c1-52(2,3)46-25-42(26-47(31-46)53(4,5)6)36-13-15-38(16-14-36)44-29-50(58-51(30-44)41-23-19-39(20-24-41)45-33-56-35-57-34-45)40-21-17-37(18-22-40)43-27-48(54(7,8)9)32-49(28-43)55(10,11)12/h13-35H,1-12H3. The van der Waals surface area contributed by atoms with E-state index in [1.54, 1.807) is 6.33 Å². The molecule has 294 valence electrons. The monoisotopic (exact) mass is 761 g/mol. The average molecular weight is 762 g/mol. The van der Waals surface area contributed by atoms with Crippen molar-refractivity contribution in [1.82, 2.24) is 15.0 Å². The Morgan fingerprint density at radius 1 is 0.276 bits per heavy atom. The molecule has 2 aromatic heterocycles. The van der Waals surface area contributed by atoms with Crippen LogP contribution in [0.25, 0.3) is 67.0 Å². The minimum atomic E-state index is 0.0494. The molecule has 0 amide bonds. The van der Waals surface area contributed by atoms with E-state index in [4.69, 9.17) is 4.98 Å². The van der Waals surface area contributed by atoms with Crippen LogP contribution in [0.4, 0.5) is 0 Å². The lowest BCUT2D eigenvalue weighted by atomic mass is 9.79. The van der Waals surface area contributed by atoms with Gasteiger partial charge in [0.1, 0.15) is 6.33 Å². The molecule has 0 unspecified atom stereocenters. The van der Waals surface area contributed by atoms with Crippen LogP contribution in [0.15, 0.2) is 140 Å². The van der Waals surface area contributed by atoms with Crippen molar-refractivity contribution < 1.29 is 0 Å². The smallest absolute Gasteiger partial charge is 0.115 e. The zero-order valence-corrected chi connectivity index (χ0v) is 36.6. The molecule has 3 heteroatoms. The van der Waals surface area contributed by atoms with Crippen LogP contribution in [0.2, 0.25) is 0 Å². The highest BCUT2D eigenvalue weighted by atomic mass is 14.8. The summed E-state index contributed by atoms with van der Waals surface area (Å²) in [7, 11) is 0. The van der Waals surface area contributed by atoms with E-state index >= 15 is 0 Å². The van der Waals surface area contributed by atoms with Crippen molar-refractivity contribution in [2.45, 2.75) is 105 Å². The molecule has 0 fully saturated rings. The number of hydrogen-bond acceptors (Lipinski definition) is 3. The molecular weight excluding hydrogens is 703 g/mol. The molecule has 2 heterocycles. The largest absolute Gasteiger partial charge is 0.248 e. The maximum Gasteiger partial charge on any atom is 0.115 e. The maximum atomic E-state index is 5.30. The number of pyridine rings is 1. The second kappa shape index (κ2) is 15.3. The van der Waals surface area contributed by atoms with E-state index in [1.165, 1.54) is 44.5 Å². The van der Waals surface area contributed by atoms with Gasteiger partial charge in [0.2, 0.25) is 0 Å². The number of rotatable bonds is 6. The maximum absolute atomic E-state index is 5.30. The number of aromatic nitrogens is 3. The van der Waals surface area contributed by atoms with Gasteiger partial charge in [-0.1, -0.05) is 192 Å². The van der Waals surface area contributed by atoms with Crippen molar-refractivity contribution in [2.75, 3.05) is 0 Å². The van der Waals surface area contributed by atoms with Crippen LogP contribution in [-0.2, 0) is 21.7 Å². The van der Waals surface area contributed by atoms with Crippen molar-refractivity contribution in [2.24, 2.45) is 0 Å². The van der Waals surface area contributed by atoms with Gasteiger partial charge in [0.25, 0.3) is 0 Å². The highest BCUT2D eigenvalue weighted by Crippen LogP contribution is 2.38. The van der Waals surface area contributed by atoms with Crippen molar-refractivity contribution in [3.63, 3.8) is 0 Å². The van der Waals surface area contributed by atoms with E-state index in [0.29, 0.717) is 0 Å². The summed E-state index contributed by atoms with van der Waals surface area (Å²) in [4.78, 5) is 13.7. The van der Waals surface area contributed by atoms with Crippen LogP contribution in [0, 0.1) is 0 Å². The molecular formula is C55H59N3. The second-order valence-electron chi connectivity index (χ2n) is 20.1. The molecule has 7 aromatic rings. The molecule has 0 radical (unpaired) electrons. The minimum absolute atomic E-state index is 0.0494. The molecule has 0 aliphatic carbocycles. The molecule has 0 N–H and O–H groups in total. The molecule has 0 aliphatic rings. The topological polar surface area (TPSA) is 38.7 Å². The highest BCUT2D eigenvalue weighted by Gasteiger charge is 2.23. The van der Waals surface area contributed by atoms with Crippen LogP contribution in [-0.4, -0.2) is 15.0 Å². The first-order chi connectivity index (χ1) is 27.2. The molecule has 58 heavy (non-hydrogen) atoms. The fourth-order valence-electron chi connectivity index (χ4n) is 7.28. The van der Waals surface area contributed by atoms with Gasteiger partial charge in [-0.25, -0.2) is 15.0 Å². The summed E-state index contributed by atoms with van der Waals surface area (Å²) in [5.74, 6) is 0. The van der Waals surface area contributed by atoms with Gasteiger partial charge in [-0.15, -0.1) is 0 Å². The van der Waals surface area contributed by atoms with Crippen LogP contribution in [0.3, 0.4) is 0 Å². The van der Waals surface area contributed by atoms with Gasteiger partial charge in [-0.05, 0) is 95.0 Å². The summed E-state index contributed by atoms with van der Waals surface area (Å²) in [6.45, 7) is 27.5. The summed E-state index contributed by atoms with van der Waals surface area (Å²) in [6, 6.07) is 45.2. The summed E-state index contributed by atoms with van der Waals surface area (Å²) in [5.41, 5.74) is 18.9. The first kappa shape index (κ1) is 40.5. The third-order valence-corrected chi connectivity index (χ3v) is 11.3. The lowest BCUT2D eigenvalue weighted by Gasteiger charge is -2.26. The Bertz CT molecular complexity index is 2330. The Labute approximate surface area is 347 Å². The first-order valence-corrected chi connectivity index (χ1v) is 20.6. The number of nitrogens with zero attached hydrogens (tertiary/aromatic N) is 3. The second-order valence-corrected chi connectivity index (χ2v) is 20.1. The van der Waals surface area contributed by atoms with E-state index in [9.17, 15) is 0 Å². The zero-order valence-electron chi connectivity index (χ0n) is 36.6. The van der Waals surface area contributed by atoms with Gasteiger partial charge in [0.15, 0.2) is 0 Å². The summed E-state index contributed by atoms with van der Waals surface area (Å²) in [5, 5.41) is 0. The van der Waals surface area contributed by atoms with Crippen molar-refractivity contribution in [3.05, 3.63) is 162 Å². The SMILES string of the molecule is CC(C)(C)c1cc(-c2ccc(-c3cc(-c4ccc(-c5cncnc5)cc4)nc(-c4ccc(-c5cc(C(C)(C)C)cc(C(C)(C)C)c5)cc4)c3)cc2)cc(C(C)(C)C)c1. The van der Waals surface area contributed by atoms with Gasteiger partial charge >= 0.3 is 0 Å². The van der Waals surface area contributed by atoms with Crippen molar-refractivity contribution in [1.29, 1.82) is 0 Å². The van der Waals surface area contributed by atoms with Gasteiger partial charge in [-0.2, -0.15) is 0 Å². The van der Waals surface area contributed by atoms with Crippen molar-refractivity contribution >= 4 is 0 Å². The highest BCUT2D eigenvalue weighted by molar-refractivity contribution is 5.80. The predicted octanol–water partition coefficient (Wildman–Crippen LogP) is 15.1. The Morgan fingerprint density at radius 3 is 0.828 bits per heavy atom. The molecule has 0 atom stereocenters. The molecule has 0 bridgehead atoms. The molecule has 5 aromatic carbocycles. The lowest BCUT2D eigenvalue weighted by Crippen LogP contribution is -2.16. The summed E-state index contributed by atoms with van der Waals surface area (Å²) in [6.07, 6.45) is 5.25. The molecule has 7 rings (SSSR count). The first-order valence-electron chi connectivity index (χ1n) is 20.6. The third-order valence-electron chi connectivity index (χ3n) is 11.3. The van der Waals surface area contributed by atoms with Crippen LogP contribution in [0.1, 0.15) is 105 Å². The Balaban J connectivity index is 1.30. The van der Waals surface area contributed by atoms with Crippen LogP contribution in [0.5, 0.6) is 0 Å². The predicted molar refractivity (Wildman–Crippen MR) is 247 cm³/mol. The molecule has 0 aliphatic heterocycles. The van der Waals surface area contributed by atoms with Crippen LogP contribution >= 0.6 is 0 Å². The molecule has 0 saturated carbocycles. The normalized spacial score (nSPS) is 12.5. The van der Waals surface area contributed by atoms with Crippen molar-refractivity contribution in [3.8, 4) is 67.0 Å². The summed E-state index contributed by atoms with van der Waals surface area (Å²) < 4.78 is 0. The van der Waals surface area contributed by atoms with E-state index in [1.807, 2.05) is 12.4 Å². The Hall–Kier alpha value is -5.67. The molecule has 3 nitrogen and oxygen atoms in total. The van der Waals surface area contributed by atoms with E-state index in [-0.39, 0.29) is 21.7 Å². The van der Waals surface area contributed by atoms with E-state index < -0.39 is 0 Å².